The normalized spacial score (nSPS) is 14.3. The summed E-state index contributed by atoms with van der Waals surface area (Å²) in [4.78, 5) is 0. The van der Waals surface area contributed by atoms with Gasteiger partial charge in [-0.1, -0.05) is 86.5 Å². The van der Waals surface area contributed by atoms with Crippen LogP contribution >= 0.6 is 31.9 Å². The van der Waals surface area contributed by atoms with Gasteiger partial charge in [0.1, 0.15) is 0 Å². The van der Waals surface area contributed by atoms with Gasteiger partial charge in [-0.25, -0.2) is 0 Å². The minimum absolute atomic E-state index is 0.153. The van der Waals surface area contributed by atoms with Gasteiger partial charge in [0.05, 0.1) is 4.32 Å². The van der Waals surface area contributed by atoms with Crippen molar-refractivity contribution in [2.45, 2.75) is 11.2 Å². The maximum Gasteiger partial charge on any atom is 0.0853 e. The van der Waals surface area contributed by atoms with Crippen LogP contribution in [0.1, 0.15) is 16.7 Å². The molecular formula is C15H14Br2. The lowest BCUT2D eigenvalue weighted by Crippen LogP contribution is -2.22. The molecule has 2 aromatic rings. The Balaban J connectivity index is 2.56. The zero-order valence-corrected chi connectivity index (χ0v) is 12.8. The molecule has 0 radical (unpaired) electrons. The number of benzene rings is 2. The van der Waals surface area contributed by atoms with Crippen LogP contribution in [0.5, 0.6) is 0 Å². The van der Waals surface area contributed by atoms with Gasteiger partial charge in [0.25, 0.3) is 0 Å². The van der Waals surface area contributed by atoms with Crippen LogP contribution in [0.4, 0.5) is 0 Å². The predicted molar refractivity (Wildman–Crippen MR) is 81.1 cm³/mol. The third-order valence-electron chi connectivity index (χ3n) is 2.99. The van der Waals surface area contributed by atoms with Gasteiger partial charge in [-0.05, 0) is 23.6 Å². The van der Waals surface area contributed by atoms with Gasteiger partial charge in [-0.15, -0.1) is 0 Å². The maximum absolute atomic E-state index is 3.90. The molecule has 2 heteroatoms. The molecule has 0 aliphatic carbocycles. The summed E-state index contributed by atoms with van der Waals surface area (Å²) >= 11 is 7.54. The van der Waals surface area contributed by atoms with Crippen molar-refractivity contribution in [2.24, 2.45) is 0 Å². The second-order valence-electron chi connectivity index (χ2n) is 4.12. The van der Waals surface area contributed by atoms with E-state index in [1.54, 1.807) is 0 Å². The van der Waals surface area contributed by atoms with E-state index in [0.717, 1.165) is 5.33 Å². The van der Waals surface area contributed by atoms with Crippen LogP contribution in [-0.4, -0.2) is 5.33 Å². The highest BCUT2D eigenvalue weighted by Gasteiger charge is 2.30. The lowest BCUT2D eigenvalue weighted by atomic mass is 9.90. The summed E-state index contributed by atoms with van der Waals surface area (Å²) in [7, 11) is 0. The van der Waals surface area contributed by atoms with Crippen LogP contribution in [0.3, 0.4) is 0 Å². The first-order valence-electron chi connectivity index (χ1n) is 5.55. The van der Waals surface area contributed by atoms with Crippen LogP contribution in [0.2, 0.25) is 0 Å². The van der Waals surface area contributed by atoms with E-state index >= 15 is 0 Å². The molecule has 1 atom stereocenters. The van der Waals surface area contributed by atoms with Crippen molar-refractivity contribution in [3.05, 3.63) is 71.3 Å². The van der Waals surface area contributed by atoms with E-state index in [1.807, 2.05) is 6.07 Å². The Bertz CT molecular complexity index is 493. The quantitative estimate of drug-likeness (QED) is 0.679. The fourth-order valence-corrected chi connectivity index (χ4v) is 3.36. The molecule has 88 valence electrons. The van der Waals surface area contributed by atoms with Crippen LogP contribution in [-0.2, 0) is 4.32 Å². The van der Waals surface area contributed by atoms with E-state index in [2.05, 4.69) is 87.3 Å². The molecule has 0 spiro atoms. The summed E-state index contributed by atoms with van der Waals surface area (Å²) in [5.74, 6) is 0. The van der Waals surface area contributed by atoms with Gasteiger partial charge in [0, 0.05) is 5.33 Å². The predicted octanol–water partition coefficient (Wildman–Crippen LogP) is 5.03. The molecule has 0 aromatic heterocycles. The van der Waals surface area contributed by atoms with Gasteiger partial charge in [-0.2, -0.15) is 0 Å². The molecule has 0 saturated carbocycles. The van der Waals surface area contributed by atoms with Gasteiger partial charge in [0.2, 0.25) is 0 Å². The molecule has 0 bridgehead atoms. The van der Waals surface area contributed by atoms with E-state index in [-0.39, 0.29) is 4.32 Å². The SMILES string of the molecule is Cc1ccccc1C(Br)(CBr)c1ccccc1. The summed E-state index contributed by atoms with van der Waals surface area (Å²) in [6.45, 7) is 2.15. The summed E-state index contributed by atoms with van der Waals surface area (Å²) in [5.41, 5.74) is 3.88. The number of alkyl halides is 2. The first-order chi connectivity index (χ1) is 8.18. The van der Waals surface area contributed by atoms with Crippen molar-refractivity contribution in [3.63, 3.8) is 0 Å². The van der Waals surface area contributed by atoms with Crippen molar-refractivity contribution < 1.29 is 0 Å². The Morgan fingerprint density at radius 2 is 1.53 bits per heavy atom. The van der Waals surface area contributed by atoms with Crippen LogP contribution in [0, 0.1) is 6.92 Å². The van der Waals surface area contributed by atoms with E-state index in [9.17, 15) is 0 Å². The molecule has 0 fully saturated rings. The topological polar surface area (TPSA) is 0 Å². The summed E-state index contributed by atoms with van der Waals surface area (Å²) in [5, 5.41) is 0.842. The van der Waals surface area contributed by atoms with Gasteiger partial charge >= 0.3 is 0 Å². The third kappa shape index (κ3) is 2.48. The number of halogens is 2. The number of hydrogen-bond acceptors (Lipinski definition) is 0. The zero-order valence-electron chi connectivity index (χ0n) is 9.66. The van der Waals surface area contributed by atoms with Gasteiger partial charge in [-0.3, -0.25) is 0 Å². The lowest BCUT2D eigenvalue weighted by molar-refractivity contribution is 0.870. The number of hydrogen-bond donors (Lipinski definition) is 0. The highest BCUT2D eigenvalue weighted by Crippen LogP contribution is 2.41. The smallest absolute Gasteiger partial charge is 0.0853 e. The molecule has 2 rings (SSSR count). The van der Waals surface area contributed by atoms with Crippen molar-refractivity contribution in [1.82, 2.24) is 0 Å². The monoisotopic (exact) mass is 352 g/mol. The molecule has 17 heavy (non-hydrogen) atoms. The second-order valence-corrected chi connectivity index (χ2v) is 6.03. The average Bonchev–Trinajstić information content (AvgIpc) is 2.39. The fourth-order valence-electron chi connectivity index (χ4n) is 2.02. The van der Waals surface area contributed by atoms with Crippen LogP contribution in [0.25, 0.3) is 0 Å². The highest BCUT2D eigenvalue weighted by atomic mass is 79.9. The Morgan fingerprint density at radius 3 is 2.12 bits per heavy atom. The van der Waals surface area contributed by atoms with Crippen molar-refractivity contribution in [1.29, 1.82) is 0 Å². The van der Waals surface area contributed by atoms with E-state index in [1.165, 1.54) is 16.7 Å². The average molecular weight is 354 g/mol. The maximum atomic E-state index is 3.90. The summed E-state index contributed by atoms with van der Waals surface area (Å²) in [6.07, 6.45) is 0. The van der Waals surface area contributed by atoms with Crippen molar-refractivity contribution in [3.8, 4) is 0 Å². The van der Waals surface area contributed by atoms with E-state index in [4.69, 9.17) is 0 Å². The summed E-state index contributed by atoms with van der Waals surface area (Å²) < 4.78 is -0.153. The minimum atomic E-state index is -0.153. The van der Waals surface area contributed by atoms with Crippen molar-refractivity contribution >= 4 is 31.9 Å². The Hall–Kier alpha value is -0.600. The van der Waals surface area contributed by atoms with E-state index < -0.39 is 0 Å². The Morgan fingerprint density at radius 1 is 0.941 bits per heavy atom. The lowest BCUT2D eigenvalue weighted by Gasteiger charge is -2.28. The molecule has 0 heterocycles. The third-order valence-corrected chi connectivity index (χ3v) is 5.75. The van der Waals surface area contributed by atoms with Crippen LogP contribution in [0.15, 0.2) is 54.6 Å². The van der Waals surface area contributed by atoms with Gasteiger partial charge in [0.15, 0.2) is 0 Å². The molecule has 1 unspecified atom stereocenters. The second kappa shape index (κ2) is 5.36. The molecule has 2 aromatic carbocycles. The first-order valence-corrected chi connectivity index (χ1v) is 7.46. The largest absolute Gasteiger partial charge is 0.0905 e. The fraction of sp³-hybridized carbons (Fsp3) is 0.200. The Kier molecular flexibility index (Phi) is 4.05. The Labute approximate surface area is 119 Å². The van der Waals surface area contributed by atoms with Gasteiger partial charge < -0.3 is 0 Å². The molecule has 0 amide bonds. The highest BCUT2D eigenvalue weighted by molar-refractivity contribution is 9.12. The van der Waals surface area contributed by atoms with E-state index in [0.29, 0.717) is 0 Å². The first kappa shape index (κ1) is 12.8. The molecule has 0 nitrogen and oxygen atoms in total. The molecule has 0 aliphatic heterocycles. The summed E-state index contributed by atoms with van der Waals surface area (Å²) in [6, 6.07) is 19.0. The molecule has 0 aliphatic rings. The number of aryl methyl sites for hydroxylation is 1. The molecule has 0 saturated heterocycles. The van der Waals surface area contributed by atoms with Crippen LogP contribution < -0.4 is 0 Å². The number of rotatable bonds is 3. The standard InChI is InChI=1S/C15H14Br2/c1-12-7-5-6-10-14(12)15(17,11-16)13-8-3-2-4-9-13/h2-10H,11H2,1H3. The zero-order chi connectivity index (χ0) is 12.3. The van der Waals surface area contributed by atoms with Crippen molar-refractivity contribution in [2.75, 3.05) is 5.33 Å². The molecular weight excluding hydrogens is 340 g/mol. The molecule has 0 N–H and O–H groups in total. The minimum Gasteiger partial charge on any atom is -0.0905 e.